The van der Waals surface area contributed by atoms with Crippen molar-refractivity contribution in [2.75, 3.05) is 39.8 Å². The minimum Gasteiger partial charge on any atom is -0.339 e. The molecule has 1 aliphatic heterocycles. The van der Waals surface area contributed by atoms with Crippen LogP contribution < -0.4 is 0 Å². The average Bonchev–Trinajstić information content (AvgIpc) is 2.63. The van der Waals surface area contributed by atoms with Gasteiger partial charge in [-0.3, -0.25) is 14.7 Å². The monoisotopic (exact) mass is 352 g/mol. The predicted octanol–water partition coefficient (Wildman–Crippen LogP) is 2.17. The fourth-order valence-corrected chi connectivity index (χ4v) is 3.27. The SMILES string of the molecule is Cc1cccc(CN(CC(=O)N2CCN(C)CC2)Cc2ccccc2)n1. The van der Waals surface area contributed by atoms with Gasteiger partial charge in [-0.05, 0) is 31.7 Å². The van der Waals surface area contributed by atoms with E-state index in [4.69, 9.17) is 0 Å². The highest BCUT2D eigenvalue weighted by atomic mass is 16.2. The first-order valence-corrected chi connectivity index (χ1v) is 9.25. The minimum atomic E-state index is 0.210. The first-order valence-electron chi connectivity index (χ1n) is 9.25. The van der Waals surface area contributed by atoms with E-state index >= 15 is 0 Å². The molecule has 2 aromatic rings. The molecule has 1 amide bonds. The predicted molar refractivity (Wildman–Crippen MR) is 104 cm³/mol. The van der Waals surface area contributed by atoms with E-state index in [0.29, 0.717) is 13.1 Å². The van der Waals surface area contributed by atoms with Crippen LogP contribution in [0.1, 0.15) is 17.0 Å². The molecule has 2 heterocycles. The number of rotatable bonds is 6. The van der Waals surface area contributed by atoms with Crippen LogP contribution in [0, 0.1) is 6.92 Å². The molecule has 138 valence electrons. The number of benzene rings is 1. The Bertz CT molecular complexity index is 711. The molecule has 1 aromatic heterocycles. The summed E-state index contributed by atoms with van der Waals surface area (Å²) in [6.07, 6.45) is 0. The van der Waals surface area contributed by atoms with Crippen LogP contribution in [0.2, 0.25) is 0 Å². The summed E-state index contributed by atoms with van der Waals surface area (Å²) in [5.74, 6) is 0.210. The Morgan fingerprint density at radius 3 is 2.42 bits per heavy atom. The van der Waals surface area contributed by atoms with Crippen molar-refractivity contribution in [3.63, 3.8) is 0 Å². The highest BCUT2D eigenvalue weighted by Gasteiger charge is 2.21. The van der Waals surface area contributed by atoms with Crippen molar-refractivity contribution >= 4 is 5.91 Å². The molecule has 1 saturated heterocycles. The largest absolute Gasteiger partial charge is 0.339 e. The van der Waals surface area contributed by atoms with Crippen LogP contribution in [0.3, 0.4) is 0 Å². The molecule has 5 nitrogen and oxygen atoms in total. The summed E-state index contributed by atoms with van der Waals surface area (Å²) in [6, 6.07) is 16.4. The standard InChI is InChI=1S/C21H28N4O/c1-18-7-6-10-20(22-18)16-24(15-19-8-4-3-5-9-19)17-21(26)25-13-11-23(2)12-14-25/h3-10H,11-17H2,1-2H3. The van der Waals surface area contributed by atoms with E-state index in [1.165, 1.54) is 5.56 Å². The summed E-state index contributed by atoms with van der Waals surface area (Å²) in [5.41, 5.74) is 3.23. The molecule has 0 aliphatic carbocycles. The fraction of sp³-hybridized carbons (Fsp3) is 0.429. The molecule has 0 radical (unpaired) electrons. The van der Waals surface area contributed by atoms with Gasteiger partial charge < -0.3 is 9.80 Å². The lowest BCUT2D eigenvalue weighted by molar-refractivity contribution is -0.134. The Hall–Kier alpha value is -2.24. The number of nitrogens with zero attached hydrogens (tertiary/aromatic N) is 4. The molecule has 0 unspecified atom stereocenters. The van der Waals surface area contributed by atoms with E-state index in [0.717, 1.165) is 44.1 Å². The number of carbonyl (C=O) groups excluding carboxylic acids is 1. The van der Waals surface area contributed by atoms with Gasteiger partial charge in [-0.2, -0.15) is 0 Å². The number of carbonyl (C=O) groups is 1. The zero-order valence-corrected chi connectivity index (χ0v) is 15.8. The van der Waals surface area contributed by atoms with E-state index in [1.54, 1.807) is 0 Å². The number of likely N-dealkylation sites (N-methyl/N-ethyl adjacent to an activating group) is 1. The van der Waals surface area contributed by atoms with E-state index in [1.807, 2.05) is 48.2 Å². The number of aromatic nitrogens is 1. The van der Waals surface area contributed by atoms with E-state index < -0.39 is 0 Å². The van der Waals surface area contributed by atoms with Gasteiger partial charge in [0.25, 0.3) is 0 Å². The summed E-state index contributed by atoms with van der Waals surface area (Å²) in [6.45, 7) is 7.38. The second-order valence-corrected chi connectivity index (χ2v) is 7.09. The first-order chi connectivity index (χ1) is 12.6. The molecule has 26 heavy (non-hydrogen) atoms. The zero-order valence-electron chi connectivity index (χ0n) is 15.8. The maximum absolute atomic E-state index is 12.8. The highest BCUT2D eigenvalue weighted by Crippen LogP contribution is 2.11. The Balaban J connectivity index is 1.68. The third kappa shape index (κ3) is 5.38. The second-order valence-electron chi connectivity index (χ2n) is 7.09. The lowest BCUT2D eigenvalue weighted by atomic mass is 10.2. The minimum absolute atomic E-state index is 0.210. The van der Waals surface area contributed by atoms with Crippen LogP contribution in [0.25, 0.3) is 0 Å². The quantitative estimate of drug-likeness (QED) is 0.799. The number of pyridine rings is 1. The Kier molecular flexibility index (Phi) is 6.36. The van der Waals surface area contributed by atoms with Crippen LogP contribution in [0.15, 0.2) is 48.5 Å². The third-order valence-electron chi connectivity index (χ3n) is 4.80. The summed E-state index contributed by atoms with van der Waals surface area (Å²) >= 11 is 0. The highest BCUT2D eigenvalue weighted by molar-refractivity contribution is 5.78. The fourth-order valence-electron chi connectivity index (χ4n) is 3.27. The van der Waals surface area contributed by atoms with Crippen molar-refractivity contribution in [2.24, 2.45) is 0 Å². The maximum Gasteiger partial charge on any atom is 0.236 e. The van der Waals surface area contributed by atoms with Gasteiger partial charge in [-0.1, -0.05) is 36.4 Å². The van der Waals surface area contributed by atoms with Crippen molar-refractivity contribution in [1.82, 2.24) is 19.7 Å². The smallest absolute Gasteiger partial charge is 0.236 e. The Morgan fingerprint density at radius 1 is 1.00 bits per heavy atom. The molecule has 1 aliphatic rings. The van der Waals surface area contributed by atoms with Crippen LogP contribution in [0.5, 0.6) is 0 Å². The zero-order chi connectivity index (χ0) is 18.4. The van der Waals surface area contributed by atoms with E-state index in [-0.39, 0.29) is 5.91 Å². The van der Waals surface area contributed by atoms with Crippen molar-refractivity contribution in [2.45, 2.75) is 20.0 Å². The number of aryl methyl sites for hydroxylation is 1. The van der Waals surface area contributed by atoms with Gasteiger partial charge in [0.15, 0.2) is 0 Å². The van der Waals surface area contributed by atoms with E-state index in [2.05, 4.69) is 34.0 Å². The summed E-state index contributed by atoms with van der Waals surface area (Å²) in [5, 5.41) is 0. The average molecular weight is 352 g/mol. The molecule has 1 fully saturated rings. The van der Waals surface area contributed by atoms with Gasteiger partial charge in [0.1, 0.15) is 0 Å². The molecule has 0 bridgehead atoms. The van der Waals surface area contributed by atoms with Gasteiger partial charge in [0.2, 0.25) is 5.91 Å². The van der Waals surface area contributed by atoms with E-state index in [9.17, 15) is 4.79 Å². The normalized spacial score (nSPS) is 15.4. The van der Waals surface area contributed by atoms with Crippen molar-refractivity contribution in [3.8, 4) is 0 Å². The Morgan fingerprint density at radius 2 is 1.73 bits per heavy atom. The number of hydrogen-bond donors (Lipinski definition) is 0. The van der Waals surface area contributed by atoms with Gasteiger partial charge in [-0.25, -0.2) is 0 Å². The number of hydrogen-bond acceptors (Lipinski definition) is 4. The molecule has 3 rings (SSSR count). The summed E-state index contributed by atoms with van der Waals surface area (Å²) in [4.78, 5) is 23.9. The maximum atomic E-state index is 12.8. The molecule has 0 spiro atoms. The summed E-state index contributed by atoms with van der Waals surface area (Å²) < 4.78 is 0. The number of amides is 1. The lowest BCUT2D eigenvalue weighted by Gasteiger charge is -2.34. The van der Waals surface area contributed by atoms with Crippen LogP contribution in [-0.4, -0.2) is 65.4 Å². The molecular formula is C21H28N4O. The molecule has 0 saturated carbocycles. The Labute approximate surface area is 156 Å². The van der Waals surface area contributed by atoms with Gasteiger partial charge in [0.05, 0.1) is 12.2 Å². The van der Waals surface area contributed by atoms with Crippen LogP contribution >= 0.6 is 0 Å². The van der Waals surface area contributed by atoms with Crippen molar-refractivity contribution < 1.29 is 4.79 Å². The summed E-state index contributed by atoms with van der Waals surface area (Å²) in [7, 11) is 2.10. The second kappa shape index (κ2) is 8.92. The molecule has 0 atom stereocenters. The molecule has 0 N–H and O–H groups in total. The van der Waals surface area contributed by atoms with Crippen molar-refractivity contribution in [3.05, 3.63) is 65.5 Å². The number of piperazine rings is 1. The molecule has 5 heteroatoms. The third-order valence-corrected chi connectivity index (χ3v) is 4.80. The van der Waals surface area contributed by atoms with Gasteiger partial charge >= 0.3 is 0 Å². The first kappa shape index (κ1) is 18.5. The van der Waals surface area contributed by atoms with Gasteiger partial charge in [0, 0.05) is 45.0 Å². The van der Waals surface area contributed by atoms with Crippen LogP contribution in [0.4, 0.5) is 0 Å². The van der Waals surface area contributed by atoms with Crippen LogP contribution in [-0.2, 0) is 17.9 Å². The van der Waals surface area contributed by atoms with Gasteiger partial charge in [-0.15, -0.1) is 0 Å². The molecule has 1 aromatic carbocycles. The molecular weight excluding hydrogens is 324 g/mol. The topological polar surface area (TPSA) is 39.7 Å². The lowest BCUT2D eigenvalue weighted by Crippen LogP contribution is -2.49. The van der Waals surface area contributed by atoms with Crippen molar-refractivity contribution in [1.29, 1.82) is 0 Å².